The molecule has 3 heteroatoms. The smallest absolute Gasteiger partial charge is 0.0950 e. The Morgan fingerprint density at radius 3 is 2.62 bits per heavy atom. The van der Waals surface area contributed by atoms with Crippen molar-refractivity contribution in [1.82, 2.24) is 9.55 Å². The first-order valence-electron chi connectivity index (χ1n) is 6.41. The maximum Gasteiger partial charge on any atom is 0.0950 e. The highest BCUT2D eigenvalue weighted by molar-refractivity contribution is 5.02. The molecular formula is C13H23N3. The monoisotopic (exact) mass is 221 g/mol. The van der Waals surface area contributed by atoms with Crippen molar-refractivity contribution >= 4 is 0 Å². The number of nitrogens with two attached hydrogens (primary N) is 1. The van der Waals surface area contributed by atoms with Gasteiger partial charge in [0.05, 0.1) is 6.33 Å². The van der Waals surface area contributed by atoms with Crippen LogP contribution in [-0.2, 0) is 6.42 Å². The number of aromatic nitrogens is 2. The van der Waals surface area contributed by atoms with Crippen molar-refractivity contribution < 1.29 is 0 Å². The Morgan fingerprint density at radius 1 is 1.31 bits per heavy atom. The van der Waals surface area contributed by atoms with Crippen molar-refractivity contribution in [1.29, 1.82) is 0 Å². The van der Waals surface area contributed by atoms with Gasteiger partial charge in [0.15, 0.2) is 0 Å². The van der Waals surface area contributed by atoms with E-state index in [0.29, 0.717) is 12.6 Å². The molecule has 0 spiro atoms. The van der Waals surface area contributed by atoms with Gasteiger partial charge in [-0.25, -0.2) is 4.98 Å². The van der Waals surface area contributed by atoms with Crippen molar-refractivity contribution in [2.24, 2.45) is 17.6 Å². The Morgan fingerprint density at radius 2 is 2.00 bits per heavy atom. The van der Waals surface area contributed by atoms with Crippen molar-refractivity contribution in [3.63, 3.8) is 0 Å². The van der Waals surface area contributed by atoms with E-state index in [0.717, 1.165) is 18.3 Å². The minimum absolute atomic E-state index is 0.641. The van der Waals surface area contributed by atoms with Gasteiger partial charge in [0.1, 0.15) is 0 Å². The van der Waals surface area contributed by atoms with E-state index in [1.807, 2.05) is 12.5 Å². The third-order valence-electron chi connectivity index (χ3n) is 3.69. The van der Waals surface area contributed by atoms with Gasteiger partial charge in [-0.1, -0.05) is 13.8 Å². The molecule has 1 saturated carbocycles. The molecule has 0 amide bonds. The summed E-state index contributed by atoms with van der Waals surface area (Å²) < 4.78 is 2.36. The molecule has 2 unspecified atom stereocenters. The number of rotatable bonds is 3. The van der Waals surface area contributed by atoms with Crippen LogP contribution in [0.1, 0.15) is 44.8 Å². The van der Waals surface area contributed by atoms with Crippen LogP contribution in [0.5, 0.6) is 0 Å². The van der Waals surface area contributed by atoms with Gasteiger partial charge in [-0.2, -0.15) is 0 Å². The molecule has 1 aliphatic carbocycles. The molecule has 2 N–H and O–H groups in total. The van der Waals surface area contributed by atoms with Crippen LogP contribution in [0.4, 0.5) is 0 Å². The van der Waals surface area contributed by atoms with E-state index in [-0.39, 0.29) is 0 Å². The van der Waals surface area contributed by atoms with Crippen LogP contribution in [0.3, 0.4) is 0 Å². The van der Waals surface area contributed by atoms with Gasteiger partial charge in [0.25, 0.3) is 0 Å². The molecule has 1 aromatic heterocycles. The van der Waals surface area contributed by atoms with Crippen LogP contribution >= 0.6 is 0 Å². The van der Waals surface area contributed by atoms with Crippen molar-refractivity contribution in [2.75, 3.05) is 6.54 Å². The van der Waals surface area contributed by atoms with E-state index in [1.165, 1.54) is 25.0 Å². The zero-order valence-electron chi connectivity index (χ0n) is 10.4. The predicted octanol–water partition coefficient (Wildman–Crippen LogP) is 2.38. The van der Waals surface area contributed by atoms with E-state index < -0.39 is 0 Å². The summed E-state index contributed by atoms with van der Waals surface area (Å²) in [5.41, 5.74) is 6.93. The number of hydrogen-bond donors (Lipinski definition) is 1. The van der Waals surface area contributed by atoms with Gasteiger partial charge in [0, 0.05) is 24.4 Å². The van der Waals surface area contributed by atoms with Crippen LogP contribution in [0.2, 0.25) is 0 Å². The van der Waals surface area contributed by atoms with Crippen LogP contribution in [-0.4, -0.2) is 16.1 Å². The highest BCUT2D eigenvalue weighted by Crippen LogP contribution is 2.36. The molecule has 16 heavy (non-hydrogen) atoms. The van der Waals surface area contributed by atoms with Gasteiger partial charge in [0.2, 0.25) is 0 Å². The Balaban J connectivity index is 2.13. The molecule has 1 fully saturated rings. The molecule has 0 bridgehead atoms. The lowest BCUT2D eigenvalue weighted by Gasteiger charge is -2.33. The SMILES string of the molecule is CC1CC(C)CC(n2cncc2CCN)C1. The molecule has 3 nitrogen and oxygen atoms in total. The summed E-state index contributed by atoms with van der Waals surface area (Å²) in [5, 5.41) is 0. The lowest BCUT2D eigenvalue weighted by atomic mass is 9.80. The normalized spacial score (nSPS) is 30.6. The second-order valence-corrected chi connectivity index (χ2v) is 5.40. The van der Waals surface area contributed by atoms with E-state index in [1.54, 1.807) is 0 Å². The molecule has 0 aromatic carbocycles. The molecule has 2 rings (SSSR count). The molecule has 2 atom stereocenters. The second kappa shape index (κ2) is 5.00. The van der Waals surface area contributed by atoms with E-state index >= 15 is 0 Å². The molecule has 0 saturated heterocycles. The van der Waals surface area contributed by atoms with E-state index in [2.05, 4.69) is 23.4 Å². The highest BCUT2D eigenvalue weighted by atomic mass is 15.1. The third-order valence-corrected chi connectivity index (χ3v) is 3.69. The zero-order valence-corrected chi connectivity index (χ0v) is 10.4. The first-order valence-corrected chi connectivity index (χ1v) is 6.41. The molecule has 1 aromatic rings. The Hall–Kier alpha value is -0.830. The summed E-state index contributed by atoms with van der Waals surface area (Å²) in [7, 11) is 0. The van der Waals surface area contributed by atoms with E-state index in [9.17, 15) is 0 Å². The number of nitrogens with zero attached hydrogens (tertiary/aromatic N) is 2. The average Bonchev–Trinajstić information content (AvgIpc) is 2.65. The molecule has 90 valence electrons. The first-order chi connectivity index (χ1) is 7.70. The summed E-state index contributed by atoms with van der Waals surface area (Å²) in [6, 6.07) is 0.641. The minimum Gasteiger partial charge on any atom is -0.331 e. The summed E-state index contributed by atoms with van der Waals surface area (Å²) in [6.45, 7) is 5.44. The minimum atomic E-state index is 0.641. The maximum absolute atomic E-state index is 5.63. The highest BCUT2D eigenvalue weighted by Gasteiger charge is 2.25. The van der Waals surface area contributed by atoms with Crippen molar-refractivity contribution in [2.45, 2.75) is 45.6 Å². The summed E-state index contributed by atoms with van der Waals surface area (Å²) >= 11 is 0. The predicted molar refractivity (Wildman–Crippen MR) is 66.2 cm³/mol. The van der Waals surface area contributed by atoms with Gasteiger partial charge in [-0.3, -0.25) is 0 Å². The molecule has 1 aliphatic rings. The zero-order chi connectivity index (χ0) is 11.5. The van der Waals surface area contributed by atoms with Gasteiger partial charge < -0.3 is 10.3 Å². The first kappa shape index (κ1) is 11.6. The van der Waals surface area contributed by atoms with Crippen LogP contribution in [0, 0.1) is 11.8 Å². The largest absolute Gasteiger partial charge is 0.331 e. The van der Waals surface area contributed by atoms with Crippen LogP contribution < -0.4 is 5.73 Å². The fourth-order valence-electron chi connectivity index (χ4n) is 3.13. The number of hydrogen-bond acceptors (Lipinski definition) is 2. The number of imidazole rings is 1. The quantitative estimate of drug-likeness (QED) is 0.851. The third kappa shape index (κ3) is 2.46. The maximum atomic E-state index is 5.63. The lowest BCUT2D eigenvalue weighted by molar-refractivity contribution is 0.218. The molecule has 0 aliphatic heterocycles. The van der Waals surface area contributed by atoms with Gasteiger partial charge in [-0.15, -0.1) is 0 Å². The Bertz CT molecular complexity index is 322. The summed E-state index contributed by atoms with van der Waals surface area (Å²) in [5.74, 6) is 1.67. The average molecular weight is 221 g/mol. The van der Waals surface area contributed by atoms with Gasteiger partial charge >= 0.3 is 0 Å². The standard InChI is InChI=1S/C13H23N3/c1-10-5-11(2)7-13(6-10)16-9-15-8-12(16)3-4-14/h8-11,13H,3-7,14H2,1-2H3. The fraction of sp³-hybridized carbons (Fsp3) is 0.769. The summed E-state index contributed by atoms with van der Waals surface area (Å²) in [4.78, 5) is 4.27. The Labute approximate surface area is 98.1 Å². The van der Waals surface area contributed by atoms with Crippen molar-refractivity contribution in [3.05, 3.63) is 18.2 Å². The van der Waals surface area contributed by atoms with Crippen LogP contribution in [0.15, 0.2) is 12.5 Å². The summed E-state index contributed by atoms with van der Waals surface area (Å²) in [6.07, 6.45) is 8.85. The van der Waals surface area contributed by atoms with Crippen LogP contribution in [0.25, 0.3) is 0 Å². The molecule has 1 heterocycles. The van der Waals surface area contributed by atoms with E-state index in [4.69, 9.17) is 5.73 Å². The fourth-order valence-corrected chi connectivity index (χ4v) is 3.13. The lowest BCUT2D eigenvalue weighted by Crippen LogP contribution is -2.24. The van der Waals surface area contributed by atoms with Gasteiger partial charge in [-0.05, 0) is 37.6 Å². The Kier molecular flexibility index (Phi) is 3.64. The molecule has 0 radical (unpaired) electrons. The van der Waals surface area contributed by atoms with Crippen molar-refractivity contribution in [3.8, 4) is 0 Å². The molecular weight excluding hydrogens is 198 g/mol. The topological polar surface area (TPSA) is 43.8 Å². The second-order valence-electron chi connectivity index (χ2n) is 5.40.